The van der Waals surface area contributed by atoms with E-state index in [0.717, 1.165) is 24.9 Å². The highest BCUT2D eigenvalue weighted by Crippen LogP contribution is 2.38. The van der Waals surface area contributed by atoms with Gasteiger partial charge < -0.3 is 4.90 Å². The summed E-state index contributed by atoms with van der Waals surface area (Å²) in [7, 11) is 0. The molecule has 2 fully saturated rings. The van der Waals surface area contributed by atoms with E-state index >= 15 is 0 Å². The number of allylic oxidation sites excluding steroid dienone is 2. The summed E-state index contributed by atoms with van der Waals surface area (Å²) < 4.78 is 1.31. The Hall–Kier alpha value is -1.06. The zero-order chi connectivity index (χ0) is 14.2. The van der Waals surface area contributed by atoms with Gasteiger partial charge in [-0.05, 0) is 30.1 Å². The minimum absolute atomic E-state index is 0.720. The van der Waals surface area contributed by atoms with Crippen LogP contribution in [0.2, 0.25) is 0 Å². The Morgan fingerprint density at radius 3 is 2.76 bits per heavy atom. The molecule has 4 rings (SSSR count). The van der Waals surface area contributed by atoms with Crippen LogP contribution in [0.15, 0.2) is 52.7 Å². The van der Waals surface area contributed by atoms with Crippen LogP contribution in [-0.2, 0) is 6.54 Å². The molecule has 2 unspecified atom stereocenters. The summed E-state index contributed by atoms with van der Waals surface area (Å²) in [5, 5.41) is 0. The van der Waals surface area contributed by atoms with Gasteiger partial charge in [0, 0.05) is 48.8 Å². The fourth-order valence-electron chi connectivity index (χ4n) is 4.10. The van der Waals surface area contributed by atoms with Gasteiger partial charge in [-0.3, -0.25) is 4.90 Å². The molecule has 0 aromatic heterocycles. The lowest BCUT2D eigenvalue weighted by atomic mass is 9.81. The highest BCUT2D eigenvalue weighted by Gasteiger charge is 2.37. The lowest BCUT2D eigenvalue weighted by Gasteiger charge is -2.49. The summed E-state index contributed by atoms with van der Waals surface area (Å²) >= 11 is 3.65. The summed E-state index contributed by atoms with van der Waals surface area (Å²) in [4.78, 5) is 5.24. The molecule has 2 nitrogen and oxygen atoms in total. The zero-order valence-corrected chi connectivity index (χ0v) is 13.8. The predicted octanol–water partition coefficient (Wildman–Crippen LogP) is 3.62. The quantitative estimate of drug-likeness (QED) is 0.808. The van der Waals surface area contributed by atoms with Crippen molar-refractivity contribution in [3.8, 4) is 0 Å². The monoisotopic (exact) mass is 344 g/mol. The van der Waals surface area contributed by atoms with Crippen LogP contribution in [-0.4, -0.2) is 36.0 Å². The molecule has 3 aliphatic heterocycles. The second-order valence-corrected chi connectivity index (χ2v) is 7.58. The first-order valence-corrected chi connectivity index (χ1v) is 8.65. The largest absolute Gasteiger partial charge is 0.369 e. The van der Waals surface area contributed by atoms with Crippen molar-refractivity contribution in [1.29, 1.82) is 0 Å². The van der Waals surface area contributed by atoms with E-state index in [2.05, 4.69) is 68.2 Å². The molecule has 0 amide bonds. The average Bonchev–Trinajstić information content (AvgIpc) is 2.47. The van der Waals surface area contributed by atoms with Gasteiger partial charge in [0.15, 0.2) is 0 Å². The van der Waals surface area contributed by atoms with Crippen LogP contribution in [0.1, 0.15) is 12.0 Å². The van der Waals surface area contributed by atoms with Gasteiger partial charge in [0.25, 0.3) is 0 Å². The van der Waals surface area contributed by atoms with Crippen LogP contribution in [0.25, 0.3) is 0 Å². The standard InChI is InChI=1S/C18H21BrN2/c19-17-6-7-18-16-8-15(11-21(18)13-17)10-20(12-16)9-14-4-2-1-3-5-14/h1-7,15-16H,8-13H2. The molecule has 2 bridgehead atoms. The van der Waals surface area contributed by atoms with Gasteiger partial charge in [0.1, 0.15) is 0 Å². The maximum absolute atomic E-state index is 3.65. The molecule has 0 radical (unpaired) electrons. The molecule has 0 N–H and O–H groups in total. The van der Waals surface area contributed by atoms with Crippen LogP contribution < -0.4 is 0 Å². The molecule has 0 aliphatic carbocycles. The number of fused-ring (bicyclic) bond motifs is 4. The lowest BCUT2D eigenvalue weighted by Crippen LogP contribution is -2.51. The molecule has 1 aromatic rings. The van der Waals surface area contributed by atoms with Gasteiger partial charge in [-0.2, -0.15) is 0 Å². The Labute approximate surface area is 135 Å². The molecule has 21 heavy (non-hydrogen) atoms. The summed E-state index contributed by atoms with van der Waals surface area (Å²) in [5.74, 6) is 1.54. The molecule has 0 spiro atoms. The summed E-state index contributed by atoms with van der Waals surface area (Å²) in [5.41, 5.74) is 3.00. The van der Waals surface area contributed by atoms with E-state index in [9.17, 15) is 0 Å². The van der Waals surface area contributed by atoms with Crippen molar-refractivity contribution in [3.05, 3.63) is 58.2 Å². The molecule has 2 atom stereocenters. The van der Waals surface area contributed by atoms with Gasteiger partial charge in [-0.25, -0.2) is 0 Å². The fourth-order valence-corrected chi connectivity index (χ4v) is 4.54. The van der Waals surface area contributed by atoms with Crippen molar-refractivity contribution >= 4 is 15.9 Å². The first-order valence-electron chi connectivity index (χ1n) is 7.85. The maximum Gasteiger partial charge on any atom is 0.0492 e. The average molecular weight is 345 g/mol. The number of hydrogen-bond donors (Lipinski definition) is 0. The van der Waals surface area contributed by atoms with E-state index in [1.54, 1.807) is 5.70 Å². The maximum atomic E-state index is 3.65. The Morgan fingerprint density at radius 2 is 1.90 bits per heavy atom. The van der Waals surface area contributed by atoms with E-state index in [1.807, 2.05) is 0 Å². The topological polar surface area (TPSA) is 6.48 Å². The van der Waals surface area contributed by atoms with Gasteiger partial charge in [-0.15, -0.1) is 0 Å². The highest BCUT2D eigenvalue weighted by molar-refractivity contribution is 9.11. The van der Waals surface area contributed by atoms with Crippen molar-refractivity contribution in [2.75, 3.05) is 26.2 Å². The summed E-state index contributed by atoms with van der Waals surface area (Å²) in [6.45, 7) is 5.84. The number of halogens is 1. The number of rotatable bonds is 2. The highest BCUT2D eigenvalue weighted by atomic mass is 79.9. The van der Waals surface area contributed by atoms with E-state index < -0.39 is 0 Å². The van der Waals surface area contributed by atoms with Gasteiger partial charge in [-0.1, -0.05) is 46.3 Å². The summed E-state index contributed by atoms with van der Waals surface area (Å²) in [6.07, 6.45) is 5.95. The van der Waals surface area contributed by atoms with Crippen LogP contribution >= 0.6 is 15.9 Å². The molecule has 0 saturated carbocycles. The second-order valence-electron chi connectivity index (χ2n) is 6.56. The van der Waals surface area contributed by atoms with Crippen molar-refractivity contribution in [2.24, 2.45) is 11.8 Å². The first kappa shape index (κ1) is 13.6. The molecule has 110 valence electrons. The Morgan fingerprint density at radius 1 is 1.05 bits per heavy atom. The number of hydrogen-bond acceptors (Lipinski definition) is 2. The van der Waals surface area contributed by atoms with E-state index in [1.165, 1.54) is 36.1 Å². The van der Waals surface area contributed by atoms with Crippen molar-refractivity contribution in [2.45, 2.75) is 13.0 Å². The van der Waals surface area contributed by atoms with Crippen molar-refractivity contribution in [1.82, 2.24) is 9.80 Å². The van der Waals surface area contributed by atoms with E-state index in [-0.39, 0.29) is 0 Å². The number of benzene rings is 1. The zero-order valence-electron chi connectivity index (χ0n) is 12.2. The van der Waals surface area contributed by atoms with Gasteiger partial charge in [0.2, 0.25) is 0 Å². The molecule has 3 heterocycles. The van der Waals surface area contributed by atoms with E-state index in [4.69, 9.17) is 0 Å². The minimum atomic E-state index is 0.720. The van der Waals surface area contributed by atoms with Crippen LogP contribution in [0.4, 0.5) is 0 Å². The predicted molar refractivity (Wildman–Crippen MR) is 90.0 cm³/mol. The minimum Gasteiger partial charge on any atom is -0.369 e. The normalized spacial score (nSPS) is 28.7. The molecule has 3 heteroatoms. The molecule has 2 saturated heterocycles. The third kappa shape index (κ3) is 2.82. The molecule has 3 aliphatic rings. The second kappa shape index (κ2) is 5.62. The first-order chi connectivity index (χ1) is 10.3. The fraction of sp³-hybridized carbons (Fsp3) is 0.444. The van der Waals surface area contributed by atoms with Gasteiger partial charge >= 0.3 is 0 Å². The SMILES string of the molecule is BrC1=CC=C2C3CC(CN(Cc4ccccc4)C3)CN2C1. The van der Waals surface area contributed by atoms with Crippen LogP contribution in [0.3, 0.4) is 0 Å². The Balaban J connectivity index is 1.50. The molecule has 1 aromatic carbocycles. The van der Waals surface area contributed by atoms with Gasteiger partial charge in [0.05, 0.1) is 0 Å². The summed E-state index contributed by atoms with van der Waals surface area (Å²) in [6, 6.07) is 10.9. The Kier molecular flexibility index (Phi) is 3.64. The van der Waals surface area contributed by atoms with Crippen molar-refractivity contribution < 1.29 is 0 Å². The van der Waals surface area contributed by atoms with Crippen LogP contribution in [0, 0.1) is 11.8 Å². The lowest BCUT2D eigenvalue weighted by molar-refractivity contribution is 0.0644. The number of nitrogens with zero attached hydrogens (tertiary/aromatic N) is 2. The number of piperidine rings is 2. The number of likely N-dealkylation sites (tertiary alicyclic amines) is 1. The van der Waals surface area contributed by atoms with Crippen molar-refractivity contribution in [3.63, 3.8) is 0 Å². The smallest absolute Gasteiger partial charge is 0.0492 e. The third-order valence-corrected chi connectivity index (χ3v) is 5.42. The van der Waals surface area contributed by atoms with E-state index in [0.29, 0.717) is 0 Å². The molecular formula is C18H21BrN2. The third-order valence-electron chi connectivity index (χ3n) is 4.90. The molecular weight excluding hydrogens is 324 g/mol. The van der Waals surface area contributed by atoms with Crippen LogP contribution in [0.5, 0.6) is 0 Å². The Bertz CT molecular complexity index is 578.